The second-order valence-corrected chi connectivity index (χ2v) is 14.0. The number of unbranched alkanes of at least 4 members (excludes halogenated alkanes) is 1. The summed E-state index contributed by atoms with van der Waals surface area (Å²) in [6.45, 7) is 4.81. The zero-order valence-corrected chi connectivity index (χ0v) is 30.9. The van der Waals surface area contributed by atoms with Gasteiger partial charge in [-0.25, -0.2) is 4.98 Å². The monoisotopic (exact) mass is 724 g/mol. The van der Waals surface area contributed by atoms with E-state index in [1.165, 1.54) is 12.5 Å². The Hall–Kier alpha value is -4.49. The summed E-state index contributed by atoms with van der Waals surface area (Å²) in [4.78, 5) is 69.0. The molecule has 1 rings (SSSR count). The first-order valence-electron chi connectivity index (χ1n) is 17.4. The van der Waals surface area contributed by atoms with Crippen molar-refractivity contribution in [1.82, 2.24) is 31.2 Å². The molecule has 51 heavy (non-hydrogen) atoms. The molecule has 0 spiro atoms. The number of imidazole rings is 1. The molecule has 290 valence electrons. The molecule has 0 aliphatic carbocycles. The highest BCUT2D eigenvalue weighted by Crippen LogP contribution is 2.10. The molecule has 0 aliphatic rings. The van der Waals surface area contributed by atoms with Gasteiger partial charge in [0.15, 0.2) is 11.9 Å². The summed E-state index contributed by atoms with van der Waals surface area (Å²) in [6, 6.07) is -4.67. The van der Waals surface area contributed by atoms with Crippen molar-refractivity contribution in [2.24, 2.45) is 44.6 Å². The number of carbonyl (C=O) groups excluding carboxylic acids is 4. The number of nitrogens with one attached hydrogen (secondary N) is 5. The maximum Gasteiger partial charge on any atom is 0.243 e. The van der Waals surface area contributed by atoms with Crippen molar-refractivity contribution in [2.45, 2.75) is 95.4 Å². The van der Waals surface area contributed by atoms with Crippen molar-refractivity contribution < 1.29 is 28.8 Å². The van der Waals surface area contributed by atoms with E-state index in [9.17, 15) is 24.3 Å². The third kappa shape index (κ3) is 19.5. The zero-order chi connectivity index (χ0) is 38.6. The molecule has 0 saturated carbocycles. The van der Waals surface area contributed by atoms with Gasteiger partial charge in [0.05, 0.1) is 52.7 Å². The summed E-state index contributed by atoms with van der Waals surface area (Å²) in [5, 5.41) is 21.0. The number of H-pyrrole nitrogens is 1. The van der Waals surface area contributed by atoms with Gasteiger partial charge in [0.1, 0.15) is 18.1 Å². The molecule has 19 heteroatoms. The molecule has 19 nitrogen and oxygen atoms in total. The van der Waals surface area contributed by atoms with Crippen LogP contribution in [0.3, 0.4) is 0 Å². The fraction of sp³-hybridized carbons (Fsp3) is 0.719. The number of guanidine groups is 2. The van der Waals surface area contributed by atoms with E-state index in [2.05, 4.69) is 62.4 Å². The molecule has 0 unspecified atom stereocenters. The minimum atomic E-state index is -1.14. The SMILES string of the molecule is CC(C)[C@@H](CO)NC(=O)[C@@H](CCCC[N+](C)(C)C)NC(=O)[C@H](CCCN=C(N)N)NC(=O)[C@H](Cc1cnc[nH]1)NC(=O)[C@@H](N)CCCN=C(N)N. The van der Waals surface area contributed by atoms with E-state index < -0.39 is 53.8 Å². The topological polar surface area (TPSA) is 320 Å². The highest BCUT2D eigenvalue weighted by Gasteiger charge is 2.31. The van der Waals surface area contributed by atoms with Crippen molar-refractivity contribution in [3.8, 4) is 0 Å². The van der Waals surface area contributed by atoms with Crippen molar-refractivity contribution in [1.29, 1.82) is 0 Å². The van der Waals surface area contributed by atoms with Gasteiger partial charge in [-0.05, 0) is 50.9 Å². The Kier molecular flexibility index (Phi) is 20.1. The van der Waals surface area contributed by atoms with Crippen LogP contribution in [0.15, 0.2) is 22.5 Å². The summed E-state index contributed by atoms with van der Waals surface area (Å²) in [7, 11) is 6.21. The van der Waals surface area contributed by atoms with Crippen LogP contribution < -0.4 is 49.9 Å². The van der Waals surface area contributed by atoms with Gasteiger partial charge in [-0.1, -0.05) is 13.8 Å². The third-order valence-corrected chi connectivity index (χ3v) is 8.03. The van der Waals surface area contributed by atoms with Gasteiger partial charge in [-0.2, -0.15) is 0 Å². The van der Waals surface area contributed by atoms with Gasteiger partial charge in [0.2, 0.25) is 23.6 Å². The lowest BCUT2D eigenvalue weighted by Gasteiger charge is -2.28. The summed E-state index contributed by atoms with van der Waals surface area (Å²) >= 11 is 0. The van der Waals surface area contributed by atoms with Crippen LogP contribution in [0.1, 0.15) is 64.5 Å². The highest BCUT2D eigenvalue weighted by atomic mass is 16.3. The molecule has 16 N–H and O–H groups in total. The maximum absolute atomic E-state index is 13.9. The molecule has 0 radical (unpaired) electrons. The number of rotatable bonds is 25. The number of hydrogen-bond donors (Lipinski definition) is 11. The van der Waals surface area contributed by atoms with Crippen LogP contribution >= 0.6 is 0 Å². The Bertz CT molecular complexity index is 1260. The van der Waals surface area contributed by atoms with Crippen LogP contribution in [0.25, 0.3) is 0 Å². The van der Waals surface area contributed by atoms with Crippen molar-refractivity contribution in [3.63, 3.8) is 0 Å². The van der Waals surface area contributed by atoms with Gasteiger partial charge in [-0.3, -0.25) is 29.2 Å². The van der Waals surface area contributed by atoms with E-state index in [0.717, 1.165) is 17.4 Å². The van der Waals surface area contributed by atoms with Crippen LogP contribution in [0.2, 0.25) is 0 Å². The van der Waals surface area contributed by atoms with Gasteiger partial charge in [0.25, 0.3) is 0 Å². The number of aliphatic imine (C=N–C) groups is 2. The molecule has 0 aliphatic heterocycles. The normalized spacial score (nSPS) is 14.4. The molecule has 0 aromatic carbocycles. The van der Waals surface area contributed by atoms with Crippen molar-refractivity contribution in [2.75, 3.05) is 47.4 Å². The second-order valence-electron chi connectivity index (χ2n) is 14.0. The number of carbonyl (C=O) groups is 4. The van der Waals surface area contributed by atoms with Crippen LogP contribution in [0.4, 0.5) is 0 Å². The minimum absolute atomic E-state index is 0.0235. The number of aromatic nitrogens is 2. The van der Waals surface area contributed by atoms with E-state index >= 15 is 0 Å². The number of amides is 4. The lowest BCUT2D eigenvalue weighted by atomic mass is 10.0. The van der Waals surface area contributed by atoms with E-state index in [1.54, 1.807) is 0 Å². The number of nitrogens with two attached hydrogens (primary N) is 5. The Morgan fingerprint density at radius 3 is 1.78 bits per heavy atom. The molecule has 1 aromatic heterocycles. The summed E-state index contributed by atoms with van der Waals surface area (Å²) in [5.74, 6) is -2.52. The molecule has 1 heterocycles. The van der Waals surface area contributed by atoms with E-state index in [0.29, 0.717) is 31.4 Å². The summed E-state index contributed by atoms with van der Waals surface area (Å²) in [5.41, 5.74) is 28.3. The van der Waals surface area contributed by atoms with Gasteiger partial charge in [-0.15, -0.1) is 0 Å². The number of aliphatic hydroxyl groups excluding tert-OH is 1. The lowest BCUT2D eigenvalue weighted by molar-refractivity contribution is -0.870. The quantitative estimate of drug-likeness (QED) is 0.0207. The fourth-order valence-corrected chi connectivity index (χ4v) is 4.98. The number of aromatic amines is 1. The molecular weight excluding hydrogens is 660 g/mol. The van der Waals surface area contributed by atoms with E-state index in [4.69, 9.17) is 28.7 Å². The van der Waals surface area contributed by atoms with Crippen LogP contribution in [0, 0.1) is 5.92 Å². The molecule has 4 amide bonds. The zero-order valence-electron chi connectivity index (χ0n) is 30.9. The first-order chi connectivity index (χ1) is 23.9. The third-order valence-electron chi connectivity index (χ3n) is 8.03. The molecule has 0 bridgehead atoms. The second kappa shape index (κ2) is 23.1. The fourth-order valence-electron chi connectivity index (χ4n) is 4.98. The first kappa shape index (κ1) is 44.5. The number of nitrogens with zero attached hydrogens (tertiary/aromatic N) is 4. The Morgan fingerprint density at radius 2 is 1.29 bits per heavy atom. The molecule has 0 saturated heterocycles. The number of quaternary nitrogens is 1. The standard InChI is InChI=1S/C32H62N14O5/c1-20(2)26(18-47)45-29(50)23(11-6-7-15-46(3,4)5)42-28(49)24(12-9-14-40-32(36)37)43-30(51)25(16-21-17-38-19-41-21)44-27(48)22(33)10-8-13-39-31(34)35/h17,19-20,22-26,47H,6-16,18,33H2,1-5H3,(H12-,34,35,36,37,38,39,40,41,42,43,44,45,48,49,50,51)/p+1/t22-,23+,24-,25-,26+/m0/s1. The largest absolute Gasteiger partial charge is 0.394 e. The summed E-state index contributed by atoms with van der Waals surface area (Å²) < 4.78 is 0.742. The predicted molar refractivity (Wildman–Crippen MR) is 196 cm³/mol. The lowest BCUT2D eigenvalue weighted by Crippen LogP contribution is -2.59. The van der Waals surface area contributed by atoms with E-state index in [-0.39, 0.29) is 56.8 Å². The molecular formula is C32H63N14O5+. The van der Waals surface area contributed by atoms with Crippen LogP contribution in [-0.2, 0) is 25.6 Å². The van der Waals surface area contributed by atoms with Gasteiger partial charge < -0.3 is 64.5 Å². The molecule has 0 fully saturated rings. The van der Waals surface area contributed by atoms with Gasteiger partial charge >= 0.3 is 0 Å². The minimum Gasteiger partial charge on any atom is -0.394 e. The first-order valence-corrected chi connectivity index (χ1v) is 17.4. The number of aliphatic hydroxyl groups is 1. The Morgan fingerprint density at radius 1 is 0.784 bits per heavy atom. The van der Waals surface area contributed by atoms with Crippen molar-refractivity contribution >= 4 is 35.5 Å². The molecule has 5 atom stereocenters. The average molecular weight is 724 g/mol. The Balaban J connectivity index is 3.25. The van der Waals surface area contributed by atoms with Gasteiger partial charge in [0, 0.05) is 31.4 Å². The molecule has 1 aromatic rings. The average Bonchev–Trinajstić information content (AvgIpc) is 3.56. The van der Waals surface area contributed by atoms with E-state index in [1.807, 2.05) is 13.8 Å². The smallest absolute Gasteiger partial charge is 0.243 e. The van der Waals surface area contributed by atoms with Crippen LogP contribution in [-0.4, -0.2) is 133 Å². The van der Waals surface area contributed by atoms with Crippen molar-refractivity contribution in [3.05, 3.63) is 18.2 Å². The Labute approximate surface area is 301 Å². The number of hydrogen-bond acceptors (Lipinski definition) is 9. The highest BCUT2D eigenvalue weighted by molar-refractivity contribution is 5.95. The van der Waals surface area contributed by atoms with Crippen LogP contribution in [0.5, 0.6) is 0 Å². The predicted octanol–water partition coefficient (Wildman–Crippen LogP) is -3.15. The maximum atomic E-state index is 13.9. The summed E-state index contributed by atoms with van der Waals surface area (Å²) in [6.07, 6.45) is 5.88.